The Morgan fingerprint density at radius 2 is 1.78 bits per heavy atom. The van der Waals surface area contributed by atoms with Crippen molar-refractivity contribution in [3.8, 4) is 28.7 Å². The van der Waals surface area contributed by atoms with Crippen LogP contribution in [0.3, 0.4) is 0 Å². The van der Waals surface area contributed by atoms with E-state index in [9.17, 15) is 10.1 Å². The first-order valence-corrected chi connectivity index (χ1v) is 11.8. The summed E-state index contributed by atoms with van der Waals surface area (Å²) in [5.74, 6) is 0.849. The van der Waals surface area contributed by atoms with Gasteiger partial charge >= 0.3 is 0 Å². The third-order valence-corrected chi connectivity index (χ3v) is 6.51. The average molecular weight is 533 g/mol. The summed E-state index contributed by atoms with van der Waals surface area (Å²) in [6.07, 6.45) is 1.19. The maximum atomic E-state index is 11.9. The Kier molecular flexibility index (Phi) is 7.53. The van der Waals surface area contributed by atoms with Gasteiger partial charge in [-0.3, -0.25) is 4.79 Å². The summed E-state index contributed by atoms with van der Waals surface area (Å²) >= 11 is 13.2. The lowest BCUT2D eigenvalue weighted by Gasteiger charge is -2.17. The lowest BCUT2D eigenvalue weighted by Crippen LogP contribution is -2.10. The fraction of sp³-hybridized carbons (Fsp3) is 0.107. The first-order valence-electron chi connectivity index (χ1n) is 11.1. The quantitative estimate of drug-likeness (QED) is 0.243. The molecule has 1 amide bonds. The number of hydrogen-bond donors (Lipinski definition) is 2. The zero-order valence-electron chi connectivity index (χ0n) is 20.3. The summed E-state index contributed by atoms with van der Waals surface area (Å²) in [6, 6.07) is 16.5. The molecule has 0 fully saturated rings. The standard InChI is InChI=1S/C28H22Cl2N4O3/c1-5-23(35)32-20-8-6-7-15(2)27(20)34-28-18(14-31)12-17-11-16(9-10-19(17)33-28)24-25(29)21(36-3)13-22(37-4)26(24)30/h5-13H,1H2,2-4H3,(H,32,35)(H,33,34). The molecule has 3 aromatic carbocycles. The minimum Gasteiger partial charge on any atom is -0.495 e. The number of hydrogen-bond acceptors (Lipinski definition) is 6. The Hall–Kier alpha value is -4.25. The highest BCUT2D eigenvalue weighted by atomic mass is 35.5. The zero-order chi connectivity index (χ0) is 26.7. The van der Waals surface area contributed by atoms with Crippen LogP contribution in [0, 0.1) is 18.3 Å². The van der Waals surface area contributed by atoms with Gasteiger partial charge in [0, 0.05) is 17.0 Å². The summed E-state index contributed by atoms with van der Waals surface area (Å²) in [5.41, 5.74) is 4.23. The second-order valence-electron chi connectivity index (χ2n) is 8.00. The molecule has 0 aliphatic rings. The van der Waals surface area contributed by atoms with Gasteiger partial charge in [-0.15, -0.1) is 0 Å². The van der Waals surface area contributed by atoms with E-state index in [4.69, 9.17) is 32.7 Å². The Bertz CT molecular complexity index is 1570. The molecule has 9 heteroatoms. The Balaban J connectivity index is 1.82. The number of para-hydroxylation sites is 1. The molecule has 0 saturated carbocycles. The maximum absolute atomic E-state index is 11.9. The van der Waals surface area contributed by atoms with Crippen LogP contribution in [0.4, 0.5) is 17.2 Å². The van der Waals surface area contributed by atoms with E-state index in [0.717, 1.165) is 5.56 Å². The summed E-state index contributed by atoms with van der Waals surface area (Å²) in [7, 11) is 3.03. The highest BCUT2D eigenvalue weighted by molar-refractivity contribution is 6.41. The van der Waals surface area contributed by atoms with E-state index < -0.39 is 0 Å². The lowest BCUT2D eigenvalue weighted by molar-refractivity contribution is -0.111. The van der Waals surface area contributed by atoms with Gasteiger partial charge in [-0.1, -0.05) is 48.0 Å². The number of anilines is 3. The van der Waals surface area contributed by atoms with E-state index in [0.29, 0.717) is 66.3 Å². The molecule has 1 heterocycles. The summed E-state index contributed by atoms with van der Waals surface area (Å²) in [4.78, 5) is 16.6. The highest BCUT2D eigenvalue weighted by Crippen LogP contribution is 2.46. The maximum Gasteiger partial charge on any atom is 0.247 e. The largest absolute Gasteiger partial charge is 0.495 e. The van der Waals surface area contributed by atoms with Gasteiger partial charge < -0.3 is 20.1 Å². The molecular formula is C28H22Cl2N4O3. The third-order valence-electron chi connectivity index (χ3n) is 5.76. The van der Waals surface area contributed by atoms with Crippen molar-refractivity contribution in [1.29, 1.82) is 5.26 Å². The van der Waals surface area contributed by atoms with E-state index in [1.807, 2.05) is 37.3 Å². The van der Waals surface area contributed by atoms with Crippen LogP contribution in [-0.4, -0.2) is 25.1 Å². The van der Waals surface area contributed by atoms with Crippen LogP contribution in [0.1, 0.15) is 11.1 Å². The molecule has 4 rings (SSSR count). The molecule has 0 saturated heterocycles. The number of aryl methyl sites for hydroxylation is 1. The molecule has 186 valence electrons. The van der Waals surface area contributed by atoms with E-state index in [-0.39, 0.29) is 5.91 Å². The Morgan fingerprint density at radius 3 is 2.41 bits per heavy atom. The van der Waals surface area contributed by atoms with Gasteiger partial charge in [-0.2, -0.15) is 5.26 Å². The molecule has 0 aliphatic carbocycles. The lowest BCUT2D eigenvalue weighted by atomic mass is 10.0. The second kappa shape index (κ2) is 10.8. The average Bonchev–Trinajstić information content (AvgIpc) is 2.90. The number of methoxy groups -OCH3 is 2. The normalized spacial score (nSPS) is 10.5. The molecule has 0 aliphatic heterocycles. The predicted octanol–water partition coefficient (Wildman–Crippen LogP) is 7.27. The summed E-state index contributed by atoms with van der Waals surface area (Å²) < 4.78 is 10.8. The number of halogens is 2. The molecule has 0 spiro atoms. The highest BCUT2D eigenvalue weighted by Gasteiger charge is 2.20. The number of amides is 1. The van der Waals surface area contributed by atoms with E-state index in [1.54, 1.807) is 18.2 Å². The smallest absolute Gasteiger partial charge is 0.247 e. The molecule has 0 radical (unpaired) electrons. The fourth-order valence-corrected chi connectivity index (χ4v) is 4.61. The number of nitrogens with zero attached hydrogens (tertiary/aromatic N) is 2. The number of benzene rings is 3. The molecule has 4 aromatic rings. The Labute approximate surface area is 224 Å². The van der Waals surface area contributed by atoms with Gasteiger partial charge in [-0.25, -0.2) is 4.98 Å². The molecule has 1 aromatic heterocycles. The van der Waals surface area contributed by atoms with Crippen LogP contribution in [0.2, 0.25) is 10.0 Å². The van der Waals surface area contributed by atoms with E-state index in [1.165, 1.54) is 20.3 Å². The van der Waals surface area contributed by atoms with Gasteiger partial charge in [0.1, 0.15) is 23.4 Å². The van der Waals surface area contributed by atoms with Gasteiger partial charge in [0.2, 0.25) is 5.91 Å². The number of ether oxygens (including phenoxy) is 2. The minimum absolute atomic E-state index is 0.314. The number of carbonyl (C=O) groups is 1. The summed E-state index contributed by atoms with van der Waals surface area (Å²) in [6.45, 7) is 5.39. The number of rotatable bonds is 7. The number of pyridine rings is 1. The first kappa shape index (κ1) is 25.8. The van der Waals surface area contributed by atoms with E-state index in [2.05, 4.69) is 28.3 Å². The van der Waals surface area contributed by atoms with Crippen molar-refractivity contribution in [2.24, 2.45) is 0 Å². The van der Waals surface area contributed by atoms with Crippen LogP contribution in [0.5, 0.6) is 11.5 Å². The van der Waals surface area contributed by atoms with Crippen LogP contribution in [-0.2, 0) is 4.79 Å². The van der Waals surface area contributed by atoms with Crippen molar-refractivity contribution >= 4 is 57.2 Å². The van der Waals surface area contributed by atoms with E-state index >= 15 is 0 Å². The predicted molar refractivity (Wildman–Crippen MR) is 148 cm³/mol. The van der Waals surface area contributed by atoms with Gasteiger partial charge in [-0.05, 0) is 48.4 Å². The summed E-state index contributed by atoms with van der Waals surface area (Å²) in [5, 5.41) is 17.3. The number of carbonyl (C=O) groups excluding carboxylic acids is 1. The Morgan fingerprint density at radius 1 is 1.08 bits per heavy atom. The van der Waals surface area contributed by atoms with Gasteiger partial charge in [0.05, 0.1) is 46.7 Å². The molecule has 2 N–H and O–H groups in total. The number of fused-ring (bicyclic) bond motifs is 1. The molecular weight excluding hydrogens is 511 g/mol. The number of nitriles is 1. The van der Waals surface area contributed by atoms with Crippen molar-refractivity contribution < 1.29 is 14.3 Å². The van der Waals surface area contributed by atoms with Crippen LogP contribution in [0.15, 0.2) is 61.2 Å². The van der Waals surface area contributed by atoms with Crippen LogP contribution < -0.4 is 20.1 Å². The molecule has 0 atom stereocenters. The second-order valence-corrected chi connectivity index (χ2v) is 8.76. The molecule has 0 bridgehead atoms. The minimum atomic E-state index is -0.348. The van der Waals surface area contributed by atoms with Crippen molar-refractivity contribution in [2.75, 3.05) is 24.9 Å². The third kappa shape index (κ3) is 5.03. The molecule has 37 heavy (non-hydrogen) atoms. The van der Waals surface area contributed by atoms with Crippen molar-refractivity contribution in [3.63, 3.8) is 0 Å². The molecule has 0 unspecified atom stereocenters. The van der Waals surface area contributed by atoms with Crippen molar-refractivity contribution in [1.82, 2.24) is 4.98 Å². The van der Waals surface area contributed by atoms with Gasteiger partial charge in [0.15, 0.2) is 0 Å². The topological polar surface area (TPSA) is 96.3 Å². The van der Waals surface area contributed by atoms with Crippen LogP contribution >= 0.6 is 23.2 Å². The SMILES string of the molecule is C=CC(=O)Nc1cccc(C)c1Nc1nc2ccc(-c3c(Cl)c(OC)cc(OC)c3Cl)cc2cc1C#N. The first-order chi connectivity index (χ1) is 17.8. The van der Waals surface area contributed by atoms with Crippen LogP contribution in [0.25, 0.3) is 22.0 Å². The van der Waals surface area contributed by atoms with Gasteiger partial charge in [0.25, 0.3) is 0 Å². The molecule has 7 nitrogen and oxygen atoms in total. The number of aromatic nitrogens is 1. The van der Waals surface area contributed by atoms with Crippen molar-refractivity contribution in [2.45, 2.75) is 6.92 Å². The monoisotopic (exact) mass is 532 g/mol. The fourth-order valence-electron chi connectivity index (χ4n) is 3.89. The van der Waals surface area contributed by atoms with Crippen molar-refractivity contribution in [3.05, 3.63) is 82.4 Å². The zero-order valence-corrected chi connectivity index (χ0v) is 21.8. The number of nitrogens with one attached hydrogen (secondary N) is 2.